The summed E-state index contributed by atoms with van der Waals surface area (Å²) in [5.41, 5.74) is 0.784. The summed E-state index contributed by atoms with van der Waals surface area (Å²) in [4.78, 5) is 0. The van der Waals surface area contributed by atoms with Crippen LogP contribution >= 0.6 is 35.0 Å². The van der Waals surface area contributed by atoms with E-state index in [0.29, 0.717) is 22.4 Å². The van der Waals surface area contributed by atoms with Gasteiger partial charge in [0.2, 0.25) is 5.16 Å². The van der Waals surface area contributed by atoms with Gasteiger partial charge in [0.25, 0.3) is 0 Å². The van der Waals surface area contributed by atoms with E-state index < -0.39 is 0 Å². The first-order chi connectivity index (χ1) is 11.1. The SMILES string of the molecule is CCCOc1c(Cl)cc(/C=N\n2c(CC)nnc2SC)cc1Cl. The fraction of sp³-hybridized carbons (Fsp3) is 0.400. The van der Waals surface area contributed by atoms with Crippen LogP contribution in [0.25, 0.3) is 0 Å². The molecule has 0 saturated carbocycles. The predicted molar refractivity (Wildman–Crippen MR) is 96.4 cm³/mol. The molecule has 0 saturated heterocycles. The Labute approximate surface area is 150 Å². The summed E-state index contributed by atoms with van der Waals surface area (Å²) in [6, 6.07) is 3.55. The van der Waals surface area contributed by atoms with Gasteiger partial charge in [-0.25, -0.2) is 0 Å². The first-order valence-corrected chi connectivity index (χ1v) is 9.23. The number of thioether (sulfide) groups is 1. The maximum absolute atomic E-state index is 6.24. The number of benzene rings is 1. The van der Waals surface area contributed by atoms with Crippen molar-refractivity contribution in [1.29, 1.82) is 0 Å². The monoisotopic (exact) mass is 372 g/mol. The largest absolute Gasteiger partial charge is 0.490 e. The molecule has 124 valence electrons. The number of hydrogen-bond donors (Lipinski definition) is 0. The van der Waals surface area contributed by atoms with E-state index in [4.69, 9.17) is 27.9 Å². The lowest BCUT2D eigenvalue weighted by Crippen LogP contribution is -2.00. The van der Waals surface area contributed by atoms with Crippen LogP contribution in [0, 0.1) is 0 Å². The lowest BCUT2D eigenvalue weighted by Gasteiger charge is -2.09. The minimum absolute atomic E-state index is 0.469. The second-order valence-electron chi connectivity index (χ2n) is 4.67. The number of ether oxygens (including phenoxy) is 1. The zero-order chi connectivity index (χ0) is 16.8. The summed E-state index contributed by atoms with van der Waals surface area (Å²) in [5.74, 6) is 1.31. The Morgan fingerprint density at radius 2 is 1.96 bits per heavy atom. The molecule has 2 rings (SSSR count). The summed E-state index contributed by atoms with van der Waals surface area (Å²) >= 11 is 14.0. The molecule has 2 aromatic rings. The van der Waals surface area contributed by atoms with Crippen LogP contribution in [-0.4, -0.2) is 34.0 Å². The van der Waals surface area contributed by atoms with Gasteiger partial charge in [0.1, 0.15) is 0 Å². The molecular weight excluding hydrogens is 355 g/mol. The second kappa shape index (κ2) is 8.57. The Morgan fingerprint density at radius 1 is 1.26 bits per heavy atom. The number of aryl methyl sites for hydroxylation is 1. The van der Waals surface area contributed by atoms with Crippen LogP contribution < -0.4 is 4.74 Å². The van der Waals surface area contributed by atoms with Crippen molar-refractivity contribution < 1.29 is 4.74 Å². The number of rotatable bonds is 7. The summed E-state index contributed by atoms with van der Waals surface area (Å²) in [7, 11) is 0. The maximum atomic E-state index is 6.24. The van der Waals surface area contributed by atoms with Gasteiger partial charge in [-0.15, -0.1) is 10.2 Å². The maximum Gasteiger partial charge on any atom is 0.211 e. The normalized spacial score (nSPS) is 11.3. The van der Waals surface area contributed by atoms with Crippen molar-refractivity contribution in [3.63, 3.8) is 0 Å². The standard InChI is InChI=1S/C15H18Cl2N4OS/c1-4-6-22-14-11(16)7-10(8-12(14)17)9-18-21-13(5-2)19-20-15(21)23-3/h7-9H,4-6H2,1-3H3/b18-9-. The summed E-state index contributed by atoms with van der Waals surface area (Å²) in [5, 5.41) is 14.3. The second-order valence-corrected chi connectivity index (χ2v) is 6.26. The molecule has 0 amide bonds. The molecule has 1 aromatic heterocycles. The molecule has 0 aliphatic rings. The van der Waals surface area contributed by atoms with Gasteiger partial charge in [-0.3, -0.25) is 0 Å². The molecular formula is C15H18Cl2N4OS. The van der Waals surface area contributed by atoms with Gasteiger partial charge in [0.05, 0.1) is 22.9 Å². The van der Waals surface area contributed by atoms with Gasteiger partial charge in [-0.2, -0.15) is 9.78 Å². The molecule has 5 nitrogen and oxygen atoms in total. The van der Waals surface area contributed by atoms with Gasteiger partial charge >= 0.3 is 0 Å². The van der Waals surface area contributed by atoms with E-state index in [0.717, 1.165) is 29.4 Å². The molecule has 0 atom stereocenters. The highest BCUT2D eigenvalue weighted by Gasteiger charge is 2.10. The Bertz CT molecular complexity index is 658. The Morgan fingerprint density at radius 3 is 2.52 bits per heavy atom. The third-order valence-electron chi connectivity index (χ3n) is 2.97. The minimum Gasteiger partial charge on any atom is -0.490 e. The van der Waals surface area contributed by atoms with E-state index in [1.54, 1.807) is 23.0 Å². The van der Waals surface area contributed by atoms with Crippen LogP contribution in [0.5, 0.6) is 5.75 Å². The molecule has 0 bridgehead atoms. The van der Waals surface area contributed by atoms with Crippen LogP contribution in [0.2, 0.25) is 10.0 Å². The van der Waals surface area contributed by atoms with Crippen molar-refractivity contribution in [2.45, 2.75) is 31.8 Å². The topological polar surface area (TPSA) is 52.3 Å². The number of hydrogen-bond acceptors (Lipinski definition) is 5. The van der Waals surface area contributed by atoms with Crippen molar-refractivity contribution >= 4 is 41.2 Å². The lowest BCUT2D eigenvalue weighted by atomic mass is 10.2. The van der Waals surface area contributed by atoms with E-state index in [1.165, 1.54) is 11.8 Å². The average molecular weight is 373 g/mol. The third-order valence-corrected chi connectivity index (χ3v) is 4.15. The van der Waals surface area contributed by atoms with Crippen molar-refractivity contribution in [2.75, 3.05) is 12.9 Å². The molecule has 1 heterocycles. The number of halogens is 2. The van der Waals surface area contributed by atoms with E-state index >= 15 is 0 Å². The van der Waals surface area contributed by atoms with Crippen molar-refractivity contribution in [3.8, 4) is 5.75 Å². The van der Waals surface area contributed by atoms with Crippen molar-refractivity contribution in [3.05, 3.63) is 33.6 Å². The Hall–Kier alpha value is -1.24. The van der Waals surface area contributed by atoms with Crippen molar-refractivity contribution in [2.24, 2.45) is 5.10 Å². The third kappa shape index (κ3) is 4.40. The molecule has 0 unspecified atom stereocenters. The van der Waals surface area contributed by atoms with Gasteiger partial charge in [0, 0.05) is 6.42 Å². The molecule has 0 aliphatic carbocycles. The van der Waals surface area contributed by atoms with E-state index in [-0.39, 0.29) is 0 Å². The molecule has 0 fully saturated rings. The smallest absolute Gasteiger partial charge is 0.211 e. The van der Waals surface area contributed by atoms with Gasteiger partial charge < -0.3 is 4.74 Å². The first kappa shape index (κ1) is 18.1. The van der Waals surface area contributed by atoms with Crippen molar-refractivity contribution in [1.82, 2.24) is 14.9 Å². The molecule has 0 radical (unpaired) electrons. The number of nitrogens with zero attached hydrogens (tertiary/aromatic N) is 4. The van der Waals surface area contributed by atoms with Gasteiger partial charge in [0.15, 0.2) is 11.6 Å². The van der Waals surface area contributed by atoms with Crippen LogP contribution in [0.3, 0.4) is 0 Å². The molecule has 1 aromatic carbocycles. The van der Waals surface area contributed by atoms with E-state index in [2.05, 4.69) is 15.3 Å². The highest BCUT2D eigenvalue weighted by molar-refractivity contribution is 7.98. The first-order valence-electron chi connectivity index (χ1n) is 7.25. The molecule has 8 heteroatoms. The Kier molecular flexibility index (Phi) is 6.74. The minimum atomic E-state index is 0.469. The zero-order valence-corrected chi connectivity index (χ0v) is 15.5. The predicted octanol–water partition coefficient (Wildman–Crippen LogP) is 4.54. The van der Waals surface area contributed by atoms with E-state index in [9.17, 15) is 0 Å². The van der Waals surface area contributed by atoms with Crippen LogP contribution in [0.15, 0.2) is 22.4 Å². The average Bonchev–Trinajstić information content (AvgIpc) is 2.94. The number of aromatic nitrogens is 3. The van der Waals surface area contributed by atoms with Gasteiger partial charge in [-0.05, 0) is 30.4 Å². The molecule has 23 heavy (non-hydrogen) atoms. The highest BCUT2D eigenvalue weighted by Crippen LogP contribution is 2.34. The quantitative estimate of drug-likeness (QED) is 0.528. The molecule has 0 N–H and O–H groups in total. The van der Waals surface area contributed by atoms with E-state index in [1.807, 2.05) is 20.1 Å². The highest BCUT2D eigenvalue weighted by atomic mass is 35.5. The molecule has 0 spiro atoms. The lowest BCUT2D eigenvalue weighted by molar-refractivity contribution is 0.318. The zero-order valence-electron chi connectivity index (χ0n) is 13.2. The van der Waals surface area contributed by atoms with Crippen LogP contribution in [0.4, 0.5) is 0 Å². The van der Waals surface area contributed by atoms with Crippen LogP contribution in [-0.2, 0) is 6.42 Å². The summed E-state index contributed by atoms with van der Waals surface area (Å²) < 4.78 is 7.27. The Balaban J connectivity index is 2.28. The van der Waals surface area contributed by atoms with Crippen LogP contribution in [0.1, 0.15) is 31.7 Å². The fourth-order valence-electron chi connectivity index (χ4n) is 1.88. The fourth-order valence-corrected chi connectivity index (χ4v) is 2.94. The van der Waals surface area contributed by atoms with Gasteiger partial charge in [-0.1, -0.05) is 48.8 Å². The molecule has 0 aliphatic heterocycles. The summed E-state index contributed by atoms with van der Waals surface area (Å²) in [6.45, 7) is 4.61. The summed E-state index contributed by atoms with van der Waals surface area (Å²) in [6.07, 6.45) is 5.25.